The molecule has 0 fully saturated rings. The van der Waals surface area contributed by atoms with E-state index in [0.29, 0.717) is 16.3 Å². The van der Waals surface area contributed by atoms with Crippen LogP contribution in [0.5, 0.6) is 0 Å². The molecule has 0 bridgehead atoms. The van der Waals surface area contributed by atoms with Crippen LogP contribution in [0.2, 0.25) is 0 Å². The van der Waals surface area contributed by atoms with Gasteiger partial charge < -0.3 is 0 Å². The van der Waals surface area contributed by atoms with Crippen LogP contribution in [0, 0.1) is 0 Å². The molecule has 0 nitrogen and oxygen atoms in total. The van der Waals surface area contributed by atoms with E-state index in [1.165, 1.54) is 0 Å². The summed E-state index contributed by atoms with van der Waals surface area (Å²) in [7, 11) is 0. The fourth-order valence-corrected chi connectivity index (χ4v) is 7.76. The molecule has 10 rings (SSSR count). The molecular formula is C52H34. The van der Waals surface area contributed by atoms with E-state index < -0.39 is 42.3 Å². The molecule has 0 unspecified atom stereocenters. The molecule has 0 aliphatic heterocycles. The third-order valence-electron chi connectivity index (χ3n) is 10.1. The van der Waals surface area contributed by atoms with Gasteiger partial charge in [-0.25, -0.2) is 0 Å². The average molecular weight is 668 g/mol. The lowest BCUT2D eigenvalue weighted by Crippen LogP contribution is -1.92. The molecular weight excluding hydrogens is 625 g/mol. The first kappa shape index (κ1) is 22.1. The Morgan fingerprint density at radius 3 is 1.56 bits per heavy atom. The van der Waals surface area contributed by atoms with Crippen LogP contribution in [0.1, 0.15) is 12.3 Å². The minimum atomic E-state index is -0.544. The summed E-state index contributed by atoms with van der Waals surface area (Å²) >= 11 is 0. The molecule has 0 aromatic heterocycles. The Labute approximate surface area is 316 Å². The van der Waals surface area contributed by atoms with E-state index >= 15 is 0 Å². The molecule has 0 aliphatic rings. The average Bonchev–Trinajstić information content (AvgIpc) is 3.30. The van der Waals surface area contributed by atoms with E-state index in [-0.39, 0.29) is 34.0 Å². The first-order valence-electron chi connectivity index (χ1n) is 21.8. The normalized spacial score (nSPS) is 13.9. The molecule has 52 heavy (non-hydrogen) atoms. The number of rotatable bonds is 5. The molecule has 0 saturated carbocycles. The van der Waals surface area contributed by atoms with Crippen LogP contribution in [0.15, 0.2) is 206 Å². The maximum Gasteiger partial charge on any atom is 0.0629 e. The molecule has 0 spiro atoms. The second kappa shape index (κ2) is 12.5. The van der Waals surface area contributed by atoms with Crippen molar-refractivity contribution in [3.63, 3.8) is 0 Å². The summed E-state index contributed by atoms with van der Waals surface area (Å²) in [5.41, 5.74) is 7.84. The zero-order chi connectivity index (χ0) is 42.3. The highest BCUT2D eigenvalue weighted by atomic mass is 14.2. The molecule has 10 aromatic rings. The molecule has 10 aromatic carbocycles. The Kier molecular flexibility index (Phi) is 5.34. The molecule has 0 heterocycles. The summed E-state index contributed by atoms with van der Waals surface area (Å²) in [6.45, 7) is 0. The number of benzene rings is 10. The Hall–Kier alpha value is -6.76. The quantitative estimate of drug-likeness (QED) is 0.160. The third kappa shape index (κ3) is 5.00. The van der Waals surface area contributed by atoms with Gasteiger partial charge in [-0.1, -0.05) is 188 Å². The van der Waals surface area contributed by atoms with Gasteiger partial charge in [0.2, 0.25) is 0 Å². The standard InChI is InChI=1S/C52H34/c1-4-16-35(17-5-1)39-33-40-32-38(30-31-42(40)50(34-39)36-18-6-2-7-19-36)41-26-14-28-44-43(41)27-15-29-45(44)52-48-24-12-10-22-46(48)51(37-20-8-3-9-21-37)47-23-11-13-25-49(47)52/h1-34H/i3D,8D,9D,10D,12D,20D,21D,22D,24D. The van der Waals surface area contributed by atoms with E-state index in [2.05, 4.69) is 78.9 Å². The van der Waals surface area contributed by atoms with E-state index in [9.17, 15) is 2.74 Å². The summed E-state index contributed by atoms with van der Waals surface area (Å²) in [4.78, 5) is 0. The Morgan fingerprint density at radius 1 is 0.269 bits per heavy atom. The molecule has 242 valence electrons. The van der Waals surface area contributed by atoms with Crippen LogP contribution in [-0.4, -0.2) is 0 Å². The van der Waals surface area contributed by atoms with Gasteiger partial charge in [-0.05, 0) is 117 Å². The zero-order valence-electron chi connectivity index (χ0n) is 36.9. The Morgan fingerprint density at radius 2 is 0.827 bits per heavy atom. The minimum Gasteiger partial charge on any atom is -0.0622 e. The van der Waals surface area contributed by atoms with Crippen molar-refractivity contribution < 1.29 is 12.3 Å². The van der Waals surface area contributed by atoms with Crippen LogP contribution in [0.4, 0.5) is 0 Å². The van der Waals surface area contributed by atoms with Gasteiger partial charge >= 0.3 is 0 Å². The van der Waals surface area contributed by atoms with Gasteiger partial charge in [0.25, 0.3) is 0 Å². The lowest BCUT2D eigenvalue weighted by Gasteiger charge is -2.19. The number of fused-ring (bicyclic) bond motifs is 4. The molecule has 0 radical (unpaired) electrons. The predicted octanol–water partition coefficient (Wildman–Crippen LogP) is 14.6. The Bertz CT molecular complexity index is 3420. The Balaban J connectivity index is 1.27. The van der Waals surface area contributed by atoms with Crippen molar-refractivity contribution in [3.8, 4) is 55.6 Å². The minimum absolute atomic E-state index is 0.0874. The summed E-state index contributed by atoms with van der Waals surface area (Å²) in [5.74, 6) is 0. The molecule has 0 aliphatic carbocycles. The van der Waals surface area contributed by atoms with Crippen molar-refractivity contribution in [3.05, 3.63) is 206 Å². The van der Waals surface area contributed by atoms with E-state index in [0.717, 1.165) is 60.5 Å². The fraction of sp³-hybridized carbons (Fsp3) is 0. The van der Waals surface area contributed by atoms with Crippen LogP contribution in [-0.2, 0) is 0 Å². The van der Waals surface area contributed by atoms with E-state index in [4.69, 9.17) is 9.60 Å². The summed E-state index contributed by atoms with van der Waals surface area (Å²) < 4.78 is 79.6. The van der Waals surface area contributed by atoms with Crippen molar-refractivity contribution in [1.29, 1.82) is 0 Å². The topological polar surface area (TPSA) is 0 Å². The number of hydrogen-bond acceptors (Lipinski definition) is 0. The van der Waals surface area contributed by atoms with Crippen LogP contribution >= 0.6 is 0 Å². The highest BCUT2D eigenvalue weighted by Crippen LogP contribution is 2.46. The summed E-state index contributed by atoms with van der Waals surface area (Å²) in [6, 6.07) is 47.1. The lowest BCUT2D eigenvalue weighted by atomic mass is 9.84. The van der Waals surface area contributed by atoms with Crippen LogP contribution in [0.25, 0.3) is 98.7 Å². The summed E-state index contributed by atoms with van der Waals surface area (Å²) in [6.07, 6.45) is 0. The maximum atomic E-state index is 9.41. The fourth-order valence-electron chi connectivity index (χ4n) is 7.76. The smallest absolute Gasteiger partial charge is 0.0622 e. The molecule has 0 saturated heterocycles. The largest absolute Gasteiger partial charge is 0.0629 e. The van der Waals surface area contributed by atoms with Gasteiger partial charge in [-0.2, -0.15) is 0 Å². The summed E-state index contributed by atoms with van der Waals surface area (Å²) in [5, 5.41) is 5.42. The van der Waals surface area contributed by atoms with Crippen molar-refractivity contribution in [2.24, 2.45) is 0 Å². The predicted molar refractivity (Wildman–Crippen MR) is 224 cm³/mol. The highest BCUT2D eigenvalue weighted by Gasteiger charge is 2.19. The number of hydrogen-bond donors (Lipinski definition) is 0. The van der Waals surface area contributed by atoms with Gasteiger partial charge in [0.1, 0.15) is 0 Å². The van der Waals surface area contributed by atoms with Gasteiger partial charge in [-0.3, -0.25) is 0 Å². The maximum absolute atomic E-state index is 9.41. The SMILES string of the molecule is [2H]c1c([2H])c([2H])c(-c2c3ccccc3c(-c3cccc4c(-c5ccc6c(-c7ccccc7)cc(-c7ccccc7)cc6c5)cccc34)c3c([2H])c([2H])c([2H])c([2H])c23)c([2H])c1[2H]. The van der Waals surface area contributed by atoms with Crippen molar-refractivity contribution in [2.45, 2.75) is 0 Å². The molecule has 0 heteroatoms. The van der Waals surface area contributed by atoms with Crippen LogP contribution in [0.3, 0.4) is 0 Å². The lowest BCUT2D eigenvalue weighted by molar-refractivity contribution is 1.61. The van der Waals surface area contributed by atoms with E-state index in [1.807, 2.05) is 60.7 Å². The molecule has 0 amide bonds. The molecule has 0 N–H and O–H groups in total. The zero-order valence-corrected chi connectivity index (χ0v) is 27.9. The van der Waals surface area contributed by atoms with Gasteiger partial charge in [-0.15, -0.1) is 0 Å². The van der Waals surface area contributed by atoms with Crippen molar-refractivity contribution in [2.75, 3.05) is 0 Å². The van der Waals surface area contributed by atoms with E-state index in [1.54, 1.807) is 12.1 Å². The molecule has 0 atom stereocenters. The highest BCUT2D eigenvalue weighted by molar-refractivity contribution is 6.24. The van der Waals surface area contributed by atoms with Gasteiger partial charge in [0, 0.05) is 0 Å². The first-order valence-corrected chi connectivity index (χ1v) is 17.3. The monoisotopic (exact) mass is 667 g/mol. The second-order valence-corrected chi connectivity index (χ2v) is 12.9. The van der Waals surface area contributed by atoms with Crippen molar-refractivity contribution in [1.82, 2.24) is 0 Å². The third-order valence-corrected chi connectivity index (χ3v) is 10.1. The van der Waals surface area contributed by atoms with Crippen LogP contribution < -0.4 is 0 Å². The van der Waals surface area contributed by atoms with Gasteiger partial charge in [0.15, 0.2) is 0 Å². The first-order chi connectivity index (χ1) is 29.5. The van der Waals surface area contributed by atoms with Gasteiger partial charge in [0.05, 0.1) is 12.3 Å². The van der Waals surface area contributed by atoms with Crippen molar-refractivity contribution >= 4 is 43.1 Å². The second-order valence-electron chi connectivity index (χ2n) is 12.9.